The van der Waals surface area contributed by atoms with Gasteiger partial charge in [0, 0.05) is 5.57 Å². The topological polar surface area (TPSA) is 74.1 Å². The van der Waals surface area contributed by atoms with Crippen LogP contribution >= 0.6 is 0 Å². The van der Waals surface area contributed by atoms with Crippen LogP contribution in [0.15, 0.2) is 54.1 Å². The second kappa shape index (κ2) is 11.3. The average molecular weight is 469 g/mol. The van der Waals surface area contributed by atoms with Crippen LogP contribution in [0, 0.1) is 11.7 Å². The van der Waals surface area contributed by atoms with Crippen LogP contribution in [0.25, 0.3) is 5.76 Å². The zero-order valence-electron chi connectivity index (χ0n) is 20.3. The van der Waals surface area contributed by atoms with Gasteiger partial charge in [-0.15, -0.1) is 0 Å². The molecule has 1 amide bonds. The summed E-state index contributed by atoms with van der Waals surface area (Å²) in [5.74, 6) is -1.43. The molecule has 0 aliphatic carbocycles. The van der Waals surface area contributed by atoms with E-state index in [1.807, 2.05) is 13.8 Å². The second-order valence-corrected chi connectivity index (χ2v) is 8.96. The molecule has 7 heteroatoms. The number of quaternary nitrogens is 1. The standard InChI is InChI=1S/C27H33FN2O4/c1-5-29(6-2)15-16-30-24(19-7-11-21(28)12-8-19)23(26(32)27(30)33)25(31)20-9-13-22(14-10-20)34-17-18(3)4/h7-14,18,24,31H,5-6,15-17H2,1-4H3. The van der Waals surface area contributed by atoms with E-state index >= 15 is 0 Å². The van der Waals surface area contributed by atoms with Gasteiger partial charge in [-0.1, -0.05) is 43.9 Å². The van der Waals surface area contributed by atoms with Crippen LogP contribution in [0.5, 0.6) is 5.75 Å². The van der Waals surface area contributed by atoms with Gasteiger partial charge in [0.15, 0.2) is 0 Å². The number of hydrogen-bond acceptors (Lipinski definition) is 4. The first kappa shape index (κ1) is 25.4. The lowest BCUT2D eigenvalue weighted by atomic mass is 9.95. The number of halogens is 1. The number of Topliss-reactive ketones (excluding diaryl/α,β-unsaturated/α-hetero) is 1. The van der Waals surface area contributed by atoms with Crippen molar-refractivity contribution in [2.24, 2.45) is 5.92 Å². The monoisotopic (exact) mass is 468 g/mol. The van der Waals surface area contributed by atoms with Crippen molar-refractivity contribution in [3.8, 4) is 5.75 Å². The first-order valence-electron chi connectivity index (χ1n) is 11.9. The molecule has 1 heterocycles. The third-order valence-electron chi connectivity index (χ3n) is 6.12. The number of hydrogen-bond donors (Lipinski definition) is 1. The van der Waals surface area contributed by atoms with Crippen LogP contribution in [0.2, 0.25) is 0 Å². The Morgan fingerprint density at radius 3 is 2.24 bits per heavy atom. The molecule has 3 rings (SSSR count). The van der Waals surface area contributed by atoms with E-state index in [1.165, 1.54) is 34.1 Å². The van der Waals surface area contributed by atoms with Crippen molar-refractivity contribution >= 4 is 17.4 Å². The quantitative estimate of drug-likeness (QED) is 0.329. The Kier molecular flexibility index (Phi) is 8.45. The molecule has 1 aliphatic heterocycles. The van der Waals surface area contributed by atoms with E-state index in [2.05, 4.69) is 13.8 Å². The Balaban J connectivity index is 2.00. The first-order valence-corrected chi connectivity index (χ1v) is 11.9. The molecule has 0 radical (unpaired) electrons. The summed E-state index contributed by atoms with van der Waals surface area (Å²) in [7, 11) is 0. The Hall–Kier alpha value is -3.19. The van der Waals surface area contributed by atoms with Gasteiger partial charge < -0.3 is 19.6 Å². The van der Waals surface area contributed by atoms with Crippen molar-refractivity contribution < 1.29 is 28.7 Å². The maximum Gasteiger partial charge on any atom is 0.295 e. The van der Waals surface area contributed by atoms with Gasteiger partial charge in [-0.05, 0) is 55.2 Å². The van der Waals surface area contributed by atoms with Crippen molar-refractivity contribution in [1.29, 1.82) is 0 Å². The molecule has 0 saturated carbocycles. The summed E-state index contributed by atoms with van der Waals surface area (Å²) in [5.41, 5.74) is 0.744. The Bertz CT molecular complexity index is 1030. The molecule has 0 bridgehead atoms. The molecular weight excluding hydrogens is 435 g/mol. The highest BCUT2D eigenvalue weighted by Crippen LogP contribution is 2.38. The third-order valence-corrected chi connectivity index (χ3v) is 6.12. The molecule has 0 spiro atoms. The number of amides is 1. The minimum absolute atomic E-state index is 0.0954. The molecule has 6 nitrogen and oxygen atoms in total. The number of benzene rings is 2. The van der Waals surface area contributed by atoms with E-state index in [9.17, 15) is 19.1 Å². The van der Waals surface area contributed by atoms with Crippen LogP contribution in [0.4, 0.5) is 4.39 Å². The fraction of sp³-hybridized carbons (Fsp3) is 0.407. The lowest BCUT2D eigenvalue weighted by Gasteiger charge is -2.28. The molecule has 1 N–H and O–H groups in total. The summed E-state index contributed by atoms with van der Waals surface area (Å²) < 4.78 is 19.3. The molecule has 2 aromatic rings. The van der Waals surface area contributed by atoms with Crippen LogP contribution in [0.3, 0.4) is 0 Å². The van der Waals surface area contributed by atoms with Gasteiger partial charge >= 0.3 is 0 Å². The summed E-state index contributed by atoms with van der Waals surface area (Å²) in [6.07, 6.45) is 0. The van der Waals surface area contributed by atoms with Crippen molar-refractivity contribution in [2.45, 2.75) is 33.7 Å². The van der Waals surface area contributed by atoms with Gasteiger partial charge in [-0.3, -0.25) is 9.59 Å². The molecule has 1 fully saturated rings. The highest BCUT2D eigenvalue weighted by molar-refractivity contribution is 6.46. The molecule has 1 unspecified atom stereocenters. The van der Waals surface area contributed by atoms with Crippen LogP contribution in [0.1, 0.15) is 44.9 Å². The summed E-state index contributed by atoms with van der Waals surface area (Å²) in [4.78, 5) is 28.8. The lowest BCUT2D eigenvalue weighted by molar-refractivity contribution is -0.895. The number of rotatable bonds is 10. The Morgan fingerprint density at radius 2 is 1.68 bits per heavy atom. The molecule has 2 aromatic carbocycles. The fourth-order valence-corrected chi connectivity index (χ4v) is 4.10. The second-order valence-electron chi connectivity index (χ2n) is 8.96. The highest BCUT2D eigenvalue weighted by atomic mass is 19.1. The largest absolute Gasteiger partial charge is 0.872 e. The molecule has 0 aromatic heterocycles. The van der Waals surface area contributed by atoms with E-state index in [4.69, 9.17) is 4.74 Å². The van der Waals surface area contributed by atoms with Crippen LogP contribution in [-0.2, 0) is 9.59 Å². The van der Waals surface area contributed by atoms with E-state index in [1.54, 1.807) is 24.3 Å². The molecule has 182 valence electrons. The molecular formula is C27H33FN2O4. The van der Waals surface area contributed by atoms with Gasteiger partial charge in [0.1, 0.15) is 11.6 Å². The minimum atomic E-state index is -0.847. The van der Waals surface area contributed by atoms with Gasteiger partial charge in [0.05, 0.1) is 38.8 Å². The van der Waals surface area contributed by atoms with Gasteiger partial charge in [-0.2, -0.15) is 0 Å². The molecule has 34 heavy (non-hydrogen) atoms. The Morgan fingerprint density at radius 1 is 1.06 bits per heavy atom. The number of nitrogens with one attached hydrogen (secondary N) is 1. The summed E-state index contributed by atoms with van der Waals surface area (Å²) >= 11 is 0. The number of likely N-dealkylation sites (N-methyl/N-ethyl adjacent to an activating group) is 1. The van der Waals surface area contributed by atoms with Gasteiger partial charge in [-0.25, -0.2) is 4.39 Å². The molecule has 1 saturated heterocycles. The summed E-state index contributed by atoms with van der Waals surface area (Å²) in [5, 5.41) is 13.5. The zero-order valence-corrected chi connectivity index (χ0v) is 20.3. The Labute approximate surface area is 200 Å². The van der Waals surface area contributed by atoms with Crippen LogP contribution < -0.4 is 14.7 Å². The molecule has 1 aliphatic rings. The summed E-state index contributed by atoms with van der Waals surface area (Å²) in [6.45, 7) is 11.5. The SMILES string of the molecule is CC[NH+](CC)CCN1C(=O)C(=O)C(=C([O-])c2ccc(OCC(C)C)cc2)C1c1ccc(F)cc1. The number of carbonyl (C=O) groups is 2. The first-order chi connectivity index (χ1) is 16.3. The van der Waals surface area contributed by atoms with E-state index in [0.29, 0.717) is 42.5 Å². The minimum Gasteiger partial charge on any atom is -0.872 e. The number of carbonyl (C=O) groups excluding carboxylic acids is 2. The number of ketones is 1. The predicted molar refractivity (Wildman–Crippen MR) is 126 cm³/mol. The normalized spacial score (nSPS) is 17.7. The smallest absolute Gasteiger partial charge is 0.295 e. The van der Waals surface area contributed by atoms with Crippen molar-refractivity contribution in [1.82, 2.24) is 4.90 Å². The van der Waals surface area contributed by atoms with Crippen molar-refractivity contribution in [3.05, 3.63) is 71.0 Å². The zero-order chi connectivity index (χ0) is 24.8. The van der Waals surface area contributed by atoms with Crippen molar-refractivity contribution in [3.63, 3.8) is 0 Å². The predicted octanol–water partition coefficient (Wildman–Crippen LogP) is 2.01. The third kappa shape index (κ3) is 5.65. The van der Waals surface area contributed by atoms with Gasteiger partial charge in [0.25, 0.3) is 5.91 Å². The molecule has 1 atom stereocenters. The number of likely N-dealkylation sites (tertiary alicyclic amines) is 1. The highest BCUT2D eigenvalue weighted by Gasteiger charge is 2.44. The average Bonchev–Trinajstić information content (AvgIpc) is 3.08. The summed E-state index contributed by atoms with van der Waals surface area (Å²) in [6, 6.07) is 11.3. The van der Waals surface area contributed by atoms with E-state index in [-0.39, 0.29) is 5.57 Å². The van der Waals surface area contributed by atoms with Crippen molar-refractivity contribution in [2.75, 3.05) is 32.8 Å². The van der Waals surface area contributed by atoms with Crippen LogP contribution in [-0.4, -0.2) is 49.4 Å². The lowest BCUT2D eigenvalue weighted by Crippen LogP contribution is -3.12. The van der Waals surface area contributed by atoms with E-state index < -0.39 is 29.3 Å². The van der Waals surface area contributed by atoms with E-state index in [0.717, 1.165) is 13.1 Å². The van der Waals surface area contributed by atoms with Gasteiger partial charge in [0.2, 0.25) is 5.78 Å². The fourth-order valence-electron chi connectivity index (χ4n) is 4.10. The number of nitrogens with zero attached hydrogens (tertiary/aromatic N) is 1. The maximum absolute atomic E-state index is 13.6. The number of ether oxygens (including phenoxy) is 1. The maximum atomic E-state index is 13.6.